The zero-order valence-corrected chi connectivity index (χ0v) is 18.1. The summed E-state index contributed by atoms with van der Waals surface area (Å²) >= 11 is 6.11. The predicted molar refractivity (Wildman–Crippen MR) is 116 cm³/mol. The molecule has 0 bridgehead atoms. The number of nitrogens with one attached hydrogen (secondary N) is 2. The average molecular weight is 419 g/mol. The van der Waals surface area contributed by atoms with Crippen molar-refractivity contribution in [3.05, 3.63) is 29.0 Å². The molecule has 2 aromatic rings. The number of aromatic amines is 1. The van der Waals surface area contributed by atoms with E-state index in [2.05, 4.69) is 10.3 Å². The summed E-state index contributed by atoms with van der Waals surface area (Å²) in [4.78, 5) is 35.5. The number of imidazole rings is 1. The number of benzene rings is 1. The summed E-state index contributed by atoms with van der Waals surface area (Å²) in [6.45, 7) is 5.41. The van der Waals surface area contributed by atoms with Gasteiger partial charge in [0.15, 0.2) is 0 Å². The van der Waals surface area contributed by atoms with Crippen molar-refractivity contribution < 1.29 is 9.59 Å². The van der Waals surface area contributed by atoms with E-state index in [-0.39, 0.29) is 30.2 Å². The molecule has 0 aliphatic heterocycles. The van der Waals surface area contributed by atoms with Gasteiger partial charge >= 0.3 is 0 Å². The minimum atomic E-state index is -0.148. The van der Waals surface area contributed by atoms with Crippen molar-refractivity contribution in [1.82, 2.24) is 20.2 Å². The van der Waals surface area contributed by atoms with Crippen LogP contribution in [0.25, 0.3) is 11.0 Å². The van der Waals surface area contributed by atoms with E-state index < -0.39 is 0 Å². The molecule has 0 spiro atoms. The van der Waals surface area contributed by atoms with Gasteiger partial charge in [-0.15, -0.1) is 0 Å². The molecule has 7 heteroatoms. The monoisotopic (exact) mass is 418 g/mol. The number of nitrogens with zero attached hydrogens (tertiary/aromatic N) is 2. The molecule has 1 fully saturated rings. The van der Waals surface area contributed by atoms with Crippen molar-refractivity contribution in [1.29, 1.82) is 0 Å². The summed E-state index contributed by atoms with van der Waals surface area (Å²) in [5.74, 6) is 0.735. The van der Waals surface area contributed by atoms with Crippen LogP contribution in [-0.2, 0) is 9.59 Å². The summed E-state index contributed by atoms with van der Waals surface area (Å²) in [7, 11) is 0. The van der Waals surface area contributed by atoms with Crippen molar-refractivity contribution in [2.24, 2.45) is 5.92 Å². The number of halogens is 1. The molecule has 1 heterocycles. The Bertz CT molecular complexity index is 850. The third-order valence-electron chi connectivity index (χ3n) is 5.61. The van der Waals surface area contributed by atoms with Crippen LogP contribution < -0.4 is 5.32 Å². The second-order valence-corrected chi connectivity index (χ2v) is 8.33. The van der Waals surface area contributed by atoms with Gasteiger partial charge in [-0.1, -0.05) is 38.3 Å². The lowest BCUT2D eigenvalue weighted by molar-refractivity contribution is -0.141. The fraction of sp³-hybridized carbons (Fsp3) is 0.591. The van der Waals surface area contributed by atoms with Crippen LogP contribution in [0.4, 0.5) is 0 Å². The van der Waals surface area contributed by atoms with E-state index in [0.29, 0.717) is 18.1 Å². The number of fused-ring (bicyclic) bond motifs is 1. The first-order chi connectivity index (χ1) is 14.0. The predicted octanol–water partition coefficient (Wildman–Crippen LogP) is 4.25. The van der Waals surface area contributed by atoms with E-state index >= 15 is 0 Å². The summed E-state index contributed by atoms with van der Waals surface area (Å²) < 4.78 is 0. The molecule has 29 heavy (non-hydrogen) atoms. The molecule has 6 nitrogen and oxygen atoms in total. The van der Waals surface area contributed by atoms with Crippen molar-refractivity contribution >= 4 is 34.4 Å². The summed E-state index contributed by atoms with van der Waals surface area (Å²) in [6.07, 6.45) is 5.57. The SMILES string of the molecule is CCCNC(=O)CN(CCC)C(=O)C1CCCCC1c1nc2ccc(Cl)cc2[nH]1. The molecule has 2 amide bonds. The first-order valence-corrected chi connectivity index (χ1v) is 11.1. The molecule has 158 valence electrons. The molecule has 1 aromatic heterocycles. The molecule has 1 aromatic carbocycles. The van der Waals surface area contributed by atoms with Crippen molar-refractivity contribution in [3.8, 4) is 0 Å². The van der Waals surface area contributed by atoms with Crippen LogP contribution in [0.5, 0.6) is 0 Å². The number of amides is 2. The minimum absolute atomic E-state index is 0.0421. The van der Waals surface area contributed by atoms with Gasteiger partial charge in [-0.3, -0.25) is 9.59 Å². The van der Waals surface area contributed by atoms with Crippen LogP contribution in [0.15, 0.2) is 18.2 Å². The van der Waals surface area contributed by atoms with Gasteiger partial charge in [0, 0.05) is 29.9 Å². The van der Waals surface area contributed by atoms with Crippen LogP contribution in [-0.4, -0.2) is 46.3 Å². The Balaban J connectivity index is 1.80. The highest BCUT2D eigenvalue weighted by Gasteiger charge is 2.36. The highest BCUT2D eigenvalue weighted by Crippen LogP contribution is 2.38. The maximum absolute atomic E-state index is 13.4. The molecule has 1 aliphatic rings. The zero-order valence-electron chi connectivity index (χ0n) is 17.3. The van der Waals surface area contributed by atoms with Gasteiger partial charge in [-0.25, -0.2) is 4.98 Å². The number of hydrogen-bond donors (Lipinski definition) is 2. The standard InChI is InChI=1S/C22H31ClN4O2/c1-3-11-24-20(28)14-27(12-4-2)22(29)17-8-6-5-7-16(17)21-25-18-10-9-15(23)13-19(18)26-21/h9-10,13,16-17H,3-8,11-12,14H2,1-2H3,(H,24,28)(H,25,26). The van der Waals surface area contributed by atoms with E-state index in [0.717, 1.165) is 55.4 Å². The van der Waals surface area contributed by atoms with Gasteiger partial charge in [-0.2, -0.15) is 0 Å². The van der Waals surface area contributed by atoms with Crippen LogP contribution in [0.1, 0.15) is 64.1 Å². The number of carbonyl (C=O) groups excluding carboxylic acids is 2. The van der Waals surface area contributed by atoms with Gasteiger partial charge in [0.2, 0.25) is 11.8 Å². The van der Waals surface area contributed by atoms with E-state index in [1.807, 2.05) is 32.0 Å². The van der Waals surface area contributed by atoms with E-state index in [9.17, 15) is 9.59 Å². The minimum Gasteiger partial charge on any atom is -0.355 e. The van der Waals surface area contributed by atoms with E-state index in [4.69, 9.17) is 16.6 Å². The first-order valence-electron chi connectivity index (χ1n) is 10.7. The Labute approximate surface area is 177 Å². The molecule has 1 saturated carbocycles. The second-order valence-electron chi connectivity index (χ2n) is 7.89. The molecule has 2 unspecified atom stereocenters. The summed E-state index contributed by atoms with van der Waals surface area (Å²) in [6, 6.07) is 5.60. The van der Waals surface area contributed by atoms with E-state index in [1.165, 1.54) is 0 Å². The molecule has 2 N–H and O–H groups in total. The zero-order chi connectivity index (χ0) is 20.8. The van der Waals surface area contributed by atoms with Crippen molar-refractivity contribution in [2.45, 2.75) is 58.3 Å². The Morgan fingerprint density at radius 1 is 1.24 bits per heavy atom. The van der Waals surface area contributed by atoms with Gasteiger partial charge < -0.3 is 15.2 Å². The Morgan fingerprint density at radius 2 is 2.03 bits per heavy atom. The first kappa shape index (κ1) is 21.6. The molecule has 3 rings (SSSR count). The number of carbonyl (C=O) groups is 2. The molecule has 1 aliphatic carbocycles. The lowest BCUT2D eigenvalue weighted by Crippen LogP contribution is -2.45. The van der Waals surface area contributed by atoms with Gasteiger partial charge in [0.1, 0.15) is 5.82 Å². The fourth-order valence-corrected chi connectivity index (χ4v) is 4.37. The van der Waals surface area contributed by atoms with Gasteiger partial charge in [0.05, 0.1) is 17.6 Å². The van der Waals surface area contributed by atoms with Crippen molar-refractivity contribution in [2.75, 3.05) is 19.6 Å². The number of aromatic nitrogens is 2. The summed E-state index contributed by atoms with van der Waals surface area (Å²) in [5.41, 5.74) is 1.76. The molecule has 2 atom stereocenters. The Kier molecular flexibility index (Phi) is 7.53. The molecule has 0 radical (unpaired) electrons. The largest absolute Gasteiger partial charge is 0.355 e. The number of H-pyrrole nitrogens is 1. The summed E-state index contributed by atoms with van der Waals surface area (Å²) in [5, 5.41) is 3.54. The topological polar surface area (TPSA) is 78.1 Å². The van der Waals surface area contributed by atoms with Crippen molar-refractivity contribution in [3.63, 3.8) is 0 Å². The quantitative estimate of drug-likeness (QED) is 0.672. The normalized spacial score (nSPS) is 19.3. The third-order valence-corrected chi connectivity index (χ3v) is 5.84. The highest BCUT2D eigenvalue weighted by molar-refractivity contribution is 6.31. The van der Waals surface area contributed by atoms with Crippen LogP contribution in [0.2, 0.25) is 5.02 Å². The average Bonchev–Trinajstić information content (AvgIpc) is 3.14. The molecular weight excluding hydrogens is 388 g/mol. The second kappa shape index (κ2) is 10.1. The van der Waals surface area contributed by atoms with Crippen LogP contribution in [0, 0.1) is 5.92 Å². The molecule has 0 saturated heterocycles. The Morgan fingerprint density at radius 3 is 2.79 bits per heavy atom. The Hall–Kier alpha value is -2.08. The lowest BCUT2D eigenvalue weighted by atomic mass is 9.78. The fourth-order valence-electron chi connectivity index (χ4n) is 4.20. The maximum Gasteiger partial charge on any atom is 0.239 e. The third kappa shape index (κ3) is 5.30. The van der Waals surface area contributed by atoms with Gasteiger partial charge in [0.25, 0.3) is 0 Å². The van der Waals surface area contributed by atoms with Gasteiger partial charge in [-0.05, 0) is 43.9 Å². The maximum atomic E-state index is 13.4. The van der Waals surface area contributed by atoms with E-state index in [1.54, 1.807) is 4.90 Å². The number of hydrogen-bond acceptors (Lipinski definition) is 3. The lowest BCUT2D eigenvalue weighted by Gasteiger charge is -2.33. The molecular formula is C22H31ClN4O2. The van der Waals surface area contributed by atoms with Crippen LogP contribution in [0.3, 0.4) is 0 Å². The number of rotatable bonds is 8. The smallest absolute Gasteiger partial charge is 0.239 e. The van der Waals surface area contributed by atoms with Crippen LogP contribution >= 0.6 is 11.6 Å². The highest BCUT2D eigenvalue weighted by atomic mass is 35.5.